The van der Waals surface area contributed by atoms with Gasteiger partial charge in [-0.2, -0.15) is 0 Å². The standard InChI is InChI=1S/C25H26N4O6/c1-25(2,3)12-19(23(31)32)26-22(30)20-21(29-35-28-20)27-24(33)34-13-18-16-10-6-4-8-14(16)15-9-5-7-11-17(15)18/h4-11,18-19H,12-13H2,1-3H3,(H,26,30)(H,31,32)(H,27,29,33). The lowest BCUT2D eigenvalue weighted by molar-refractivity contribution is -0.140. The second-order valence-electron chi connectivity index (χ2n) is 9.54. The van der Waals surface area contributed by atoms with Gasteiger partial charge in [0.1, 0.15) is 12.6 Å². The maximum atomic E-state index is 12.6. The van der Waals surface area contributed by atoms with E-state index in [0.717, 1.165) is 22.3 Å². The Kier molecular flexibility index (Phi) is 6.54. The zero-order valence-corrected chi connectivity index (χ0v) is 19.6. The average Bonchev–Trinajstić information content (AvgIpc) is 3.39. The zero-order valence-electron chi connectivity index (χ0n) is 19.6. The average molecular weight is 479 g/mol. The van der Waals surface area contributed by atoms with Crippen LogP contribution in [0.25, 0.3) is 11.1 Å². The van der Waals surface area contributed by atoms with Gasteiger partial charge in [-0.15, -0.1) is 0 Å². The van der Waals surface area contributed by atoms with Crippen molar-refractivity contribution in [2.45, 2.75) is 39.2 Å². The molecule has 1 atom stereocenters. The molecule has 2 amide bonds. The third kappa shape index (κ3) is 5.32. The number of fused-ring (bicyclic) bond motifs is 3. The first kappa shape index (κ1) is 23.9. The van der Waals surface area contributed by atoms with Crippen LogP contribution in [0.5, 0.6) is 0 Å². The van der Waals surface area contributed by atoms with Crippen LogP contribution in [0.4, 0.5) is 10.6 Å². The fourth-order valence-electron chi connectivity index (χ4n) is 4.19. The zero-order chi connectivity index (χ0) is 25.2. The first-order chi connectivity index (χ1) is 16.6. The molecule has 1 aliphatic carbocycles. The lowest BCUT2D eigenvalue weighted by Gasteiger charge is -2.23. The van der Waals surface area contributed by atoms with Crippen LogP contribution in [-0.4, -0.2) is 46.0 Å². The summed E-state index contributed by atoms with van der Waals surface area (Å²) in [6.45, 7) is 5.64. The molecule has 4 rings (SSSR count). The van der Waals surface area contributed by atoms with E-state index in [9.17, 15) is 19.5 Å². The smallest absolute Gasteiger partial charge is 0.412 e. The normalized spacial score (nSPS) is 13.5. The molecule has 1 heterocycles. The summed E-state index contributed by atoms with van der Waals surface area (Å²) in [5.41, 5.74) is 3.62. The number of carbonyl (C=O) groups is 3. The lowest BCUT2D eigenvalue weighted by atomic mass is 9.88. The van der Waals surface area contributed by atoms with Crippen molar-refractivity contribution in [1.82, 2.24) is 15.6 Å². The molecular formula is C25H26N4O6. The summed E-state index contributed by atoms with van der Waals surface area (Å²) in [5, 5.41) is 21.3. The van der Waals surface area contributed by atoms with Gasteiger partial charge in [0.05, 0.1) is 0 Å². The number of benzene rings is 2. The van der Waals surface area contributed by atoms with E-state index in [1.807, 2.05) is 69.3 Å². The third-order valence-electron chi connectivity index (χ3n) is 5.69. The highest BCUT2D eigenvalue weighted by Gasteiger charge is 2.31. The number of carbonyl (C=O) groups excluding carboxylic acids is 2. The summed E-state index contributed by atoms with van der Waals surface area (Å²) in [5.74, 6) is -2.42. The molecule has 2 aromatic carbocycles. The van der Waals surface area contributed by atoms with Gasteiger partial charge < -0.3 is 15.2 Å². The van der Waals surface area contributed by atoms with E-state index < -0.39 is 24.0 Å². The Morgan fingerprint density at radius 2 is 1.63 bits per heavy atom. The Morgan fingerprint density at radius 3 is 2.20 bits per heavy atom. The number of nitrogens with zero attached hydrogens (tertiary/aromatic N) is 2. The number of hydrogen-bond acceptors (Lipinski definition) is 7. The summed E-state index contributed by atoms with van der Waals surface area (Å²) in [7, 11) is 0. The van der Waals surface area contributed by atoms with Gasteiger partial charge in [-0.25, -0.2) is 14.2 Å². The van der Waals surface area contributed by atoms with E-state index in [0.29, 0.717) is 0 Å². The van der Waals surface area contributed by atoms with Crippen molar-refractivity contribution >= 4 is 23.8 Å². The minimum Gasteiger partial charge on any atom is -0.480 e. The van der Waals surface area contributed by atoms with Gasteiger partial charge in [-0.05, 0) is 44.4 Å². The predicted molar refractivity (Wildman–Crippen MR) is 126 cm³/mol. The van der Waals surface area contributed by atoms with E-state index >= 15 is 0 Å². The van der Waals surface area contributed by atoms with Gasteiger partial charge in [-0.1, -0.05) is 69.3 Å². The number of carboxylic acid groups (broad SMARTS) is 1. The van der Waals surface area contributed by atoms with Gasteiger partial charge in [0, 0.05) is 5.92 Å². The highest BCUT2D eigenvalue weighted by atomic mass is 16.6. The quantitative estimate of drug-likeness (QED) is 0.461. The van der Waals surface area contributed by atoms with Crippen molar-refractivity contribution in [2.24, 2.45) is 5.41 Å². The van der Waals surface area contributed by atoms with Gasteiger partial charge in [0.2, 0.25) is 11.5 Å². The topological polar surface area (TPSA) is 144 Å². The van der Waals surface area contributed by atoms with Crippen molar-refractivity contribution in [2.75, 3.05) is 11.9 Å². The summed E-state index contributed by atoms with van der Waals surface area (Å²) in [6, 6.07) is 14.7. The molecule has 0 spiro atoms. The van der Waals surface area contributed by atoms with Crippen LogP contribution in [0.2, 0.25) is 0 Å². The van der Waals surface area contributed by atoms with E-state index in [-0.39, 0.29) is 35.9 Å². The molecule has 1 aliphatic rings. The fraction of sp³-hybridized carbons (Fsp3) is 0.320. The summed E-state index contributed by atoms with van der Waals surface area (Å²) in [6.07, 6.45) is -0.657. The molecule has 3 aromatic rings. The van der Waals surface area contributed by atoms with E-state index in [1.54, 1.807) is 0 Å². The number of nitrogens with one attached hydrogen (secondary N) is 2. The molecule has 3 N–H and O–H groups in total. The highest BCUT2D eigenvalue weighted by molar-refractivity contribution is 6.01. The first-order valence-corrected chi connectivity index (χ1v) is 11.1. The summed E-state index contributed by atoms with van der Waals surface area (Å²) >= 11 is 0. The molecule has 0 aliphatic heterocycles. The molecule has 10 heteroatoms. The van der Waals surface area contributed by atoms with E-state index in [2.05, 4.69) is 25.6 Å². The molecule has 0 saturated heterocycles. The van der Waals surface area contributed by atoms with Crippen molar-refractivity contribution in [1.29, 1.82) is 0 Å². The second kappa shape index (κ2) is 9.57. The van der Waals surface area contributed by atoms with Crippen molar-refractivity contribution in [3.63, 3.8) is 0 Å². The largest absolute Gasteiger partial charge is 0.480 e. The summed E-state index contributed by atoms with van der Waals surface area (Å²) in [4.78, 5) is 36.7. The van der Waals surface area contributed by atoms with Crippen molar-refractivity contribution < 1.29 is 28.9 Å². The van der Waals surface area contributed by atoms with Gasteiger partial charge >= 0.3 is 12.1 Å². The second-order valence-corrected chi connectivity index (χ2v) is 9.54. The molecule has 10 nitrogen and oxygen atoms in total. The maximum absolute atomic E-state index is 12.6. The van der Waals surface area contributed by atoms with Gasteiger partial charge in [0.15, 0.2) is 0 Å². The number of hydrogen-bond donors (Lipinski definition) is 3. The molecule has 0 fully saturated rings. The Labute approximate surface area is 201 Å². The van der Waals surface area contributed by atoms with E-state index in [4.69, 9.17) is 4.74 Å². The van der Waals surface area contributed by atoms with Crippen LogP contribution in [0, 0.1) is 5.41 Å². The molecule has 182 valence electrons. The van der Waals surface area contributed by atoms with Crippen LogP contribution in [0.1, 0.15) is 54.7 Å². The minimum absolute atomic E-state index is 0.0688. The predicted octanol–water partition coefficient (Wildman–Crippen LogP) is 4.05. The minimum atomic E-state index is -1.18. The van der Waals surface area contributed by atoms with Gasteiger partial charge in [0.25, 0.3) is 5.91 Å². The van der Waals surface area contributed by atoms with Gasteiger partial charge in [-0.3, -0.25) is 10.1 Å². The van der Waals surface area contributed by atoms with Crippen LogP contribution in [-0.2, 0) is 9.53 Å². The lowest BCUT2D eigenvalue weighted by Crippen LogP contribution is -2.43. The number of rotatable bonds is 7. The molecular weight excluding hydrogens is 452 g/mol. The Hall–Kier alpha value is -4.21. The Bertz CT molecular complexity index is 1220. The first-order valence-electron chi connectivity index (χ1n) is 11.1. The fourth-order valence-corrected chi connectivity index (χ4v) is 4.19. The Morgan fingerprint density at radius 1 is 1.03 bits per heavy atom. The molecule has 1 aromatic heterocycles. The number of anilines is 1. The number of aliphatic carboxylic acids is 1. The van der Waals surface area contributed by atoms with E-state index in [1.165, 1.54) is 0 Å². The van der Waals surface area contributed by atoms with Crippen LogP contribution >= 0.6 is 0 Å². The highest BCUT2D eigenvalue weighted by Crippen LogP contribution is 2.44. The number of amides is 2. The molecule has 0 bridgehead atoms. The molecule has 0 saturated carbocycles. The SMILES string of the molecule is CC(C)(C)CC(NC(=O)c1nonc1NC(=O)OCC1c2ccccc2-c2ccccc21)C(=O)O. The van der Waals surface area contributed by atoms with Crippen molar-refractivity contribution in [3.05, 3.63) is 65.4 Å². The van der Waals surface area contributed by atoms with Crippen molar-refractivity contribution in [3.8, 4) is 11.1 Å². The Balaban J connectivity index is 1.41. The molecule has 35 heavy (non-hydrogen) atoms. The number of carboxylic acids is 1. The molecule has 1 unspecified atom stereocenters. The number of ether oxygens (including phenoxy) is 1. The van der Waals surface area contributed by atoms with Crippen LogP contribution < -0.4 is 10.6 Å². The molecule has 0 radical (unpaired) electrons. The monoisotopic (exact) mass is 478 g/mol. The van der Waals surface area contributed by atoms with Crippen LogP contribution in [0.3, 0.4) is 0 Å². The van der Waals surface area contributed by atoms with Crippen LogP contribution in [0.15, 0.2) is 53.2 Å². The summed E-state index contributed by atoms with van der Waals surface area (Å²) < 4.78 is 10.1. The number of aromatic nitrogens is 2. The third-order valence-corrected chi connectivity index (χ3v) is 5.69. The maximum Gasteiger partial charge on any atom is 0.412 e.